The molecule has 0 saturated heterocycles. The van der Waals surface area contributed by atoms with E-state index in [1.807, 2.05) is 24.3 Å². The molecule has 0 aliphatic rings. The highest BCUT2D eigenvalue weighted by Crippen LogP contribution is 2.19. The summed E-state index contributed by atoms with van der Waals surface area (Å²) >= 11 is 0. The normalized spacial score (nSPS) is 12.2. The van der Waals surface area contributed by atoms with Crippen LogP contribution in [0.15, 0.2) is 24.3 Å². The first kappa shape index (κ1) is 18.4. The predicted octanol–water partition coefficient (Wildman–Crippen LogP) is 0.567. The van der Waals surface area contributed by atoms with Crippen LogP contribution in [0.1, 0.15) is 36.7 Å². The van der Waals surface area contributed by atoms with Crippen molar-refractivity contribution in [2.24, 2.45) is 5.73 Å². The zero-order valence-corrected chi connectivity index (χ0v) is 13.9. The summed E-state index contributed by atoms with van der Waals surface area (Å²) in [7, 11) is 0.396. The molecule has 0 radical (unpaired) electrons. The van der Waals surface area contributed by atoms with Gasteiger partial charge in [-0.05, 0) is 41.2 Å². The minimum atomic E-state index is -1.26. The predicted molar refractivity (Wildman–Crippen MR) is 90.3 cm³/mol. The van der Waals surface area contributed by atoms with E-state index in [1.54, 1.807) is 11.8 Å². The van der Waals surface area contributed by atoms with Crippen molar-refractivity contribution in [2.75, 3.05) is 7.11 Å². The largest absolute Gasteiger partial charge is 0.496 e. The third kappa shape index (κ3) is 5.29. The number of methoxy groups -OCH3 is 1. The van der Waals surface area contributed by atoms with Crippen molar-refractivity contribution < 1.29 is 14.8 Å². The summed E-state index contributed by atoms with van der Waals surface area (Å²) in [6, 6.07) is 7.58. The number of unbranched alkanes of at least 4 members (excludes halogenated alkanes) is 1. The Balaban J connectivity index is 1.90. The van der Waals surface area contributed by atoms with E-state index in [2.05, 4.69) is 15.5 Å². The van der Waals surface area contributed by atoms with Gasteiger partial charge in [0.1, 0.15) is 5.75 Å². The van der Waals surface area contributed by atoms with Crippen molar-refractivity contribution in [1.29, 1.82) is 0 Å². The summed E-state index contributed by atoms with van der Waals surface area (Å²) < 4.78 is 7.07. The smallest absolute Gasteiger partial charge is 0.451 e. The molecule has 2 rings (SSSR count). The maximum Gasteiger partial charge on any atom is 0.451 e. The first-order valence-corrected chi connectivity index (χ1v) is 8.11. The van der Waals surface area contributed by atoms with Crippen LogP contribution in [0.5, 0.6) is 5.75 Å². The lowest BCUT2D eigenvalue weighted by Crippen LogP contribution is -2.19. The number of hydrogen-bond donors (Lipinski definition) is 3. The average Bonchev–Trinajstić information content (AvgIpc) is 3.05. The van der Waals surface area contributed by atoms with Crippen molar-refractivity contribution in [1.82, 2.24) is 20.2 Å². The molecule has 8 nitrogen and oxygen atoms in total. The van der Waals surface area contributed by atoms with Gasteiger partial charge in [-0.3, -0.25) is 0 Å². The average molecular weight is 333 g/mol. The fraction of sp³-hybridized carbons (Fsp3) is 0.533. The lowest BCUT2D eigenvalue weighted by Gasteiger charge is -2.12. The lowest BCUT2D eigenvalue weighted by atomic mass is 9.83. The highest BCUT2D eigenvalue weighted by molar-refractivity contribution is 6.40. The number of nitrogens with zero attached hydrogens (tertiary/aromatic N) is 4. The summed E-state index contributed by atoms with van der Waals surface area (Å²) in [5, 5.41) is 29.5. The van der Waals surface area contributed by atoms with Crippen molar-refractivity contribution in [3.05, 3.63) is 35.7 Å². The first-order valence-electron chi connectivity index (χ1n) is 8.11. The third-order valence-corrected chi connectivity index (χ3v) is 3.90. The van der Waals surface area contributed by atoms with Crippen molar-refractivity contribution >= 4 is 7.12 Å². The van der Waals surface area contributed by atoms with Crippen LogP contribution < -0.4 is 10.5 Å². The number of benzene rings is 1. The van der Waals surface area contributed by atoms with Gasteiger partial charge in [-0.25, -0.2) is 4.68 Å². The Morgan fingerprint density at radius 3 is 2.83 bits per heavy atom. The van der Waals surface area contributed by atoms with Crippen molar-refractivity contribution in [3.63, 3.8) is 0 Å². The second-order valence-corrected chi connectivity index (χ2v) is 5.69. The summed E-state index contributed by atoms with van der Waals surface area (Å²) in [4.78, 5) is 0. The standard InChI is InChI=1S/C15H24BN5O3/c1-24-14-8-3-2-6-12(14)9-11-21-15(18-19-20-21)13(17)7-4-5-10-16(22)23/h2-3,6,8,13,22-23H,4-5,7,9-11,17H2,1H3. The van der Waals surface area contributed by atoms with Crippen LogP contribution >= 0.6 is 0 Å². The Morgan fingerprint density at radius 1 is 1.29 bits per heavy atom. The number of ether oxygens (including phenoxy) is 1. The molecule has 0 bridgehead atoms. The third-order valence-electron chi connectivity index (χ3n) is 3.90. The van der Waals surface area contributed by atoms with Gasteiger partial charge in [-0.15, -0.1) is 5.10 Å². The molecule has 0 aliphatic heterocycles. The zero-order valence-electron chi connectivity index (χ0n) is 13.9. The van der Waals surface area contributed by atoms with E-state index < -0.39 is 7.12 Å². The Morgan fingerprint density at radius 2 is 2.08 bits per heavy atom. The number of nitrogens with two attached hydrogens (primary N) is 1. The molecule has 130 valence electrons. The van der Waals surface area contributed by atoms with E-state index in [0.717, 1.165) is 24.2 Å². The molecule has 1 aromatic heterocycles. The zero-order chi connectivity index (χ0) is 17.4. The molecule has 0 fully saturated rings. The van der Waals surface area contributed by atoms with Crippen LogP contribution in [0.2, 0.25) is 6.32 Å². The van der Waals surface area contributed by atoms with Gasteiger partial charge in [0.15, 0.2) is 5.82 Å². The van der Waals surface area contributed by atoms with Gasteiger partial charge < -0.3 is 20.5 Å². The van der Waals surface area contributed by atoms with Gasteiger partial charge in [-0.1, -0.05) is 31.0 Å². The maximum atomic E-state index is 8.84. The monoisotopic (exact) mass is 333 g/mol. The van der Waals surface area contributed by atoms with Crippen LogP contribution in [0.4, 0.5) is 0 Å². The number of aryl methyl sites for hydroxylation is 2. The van der Waals surface area contributed by atoms with Gasteiger partial charge in [0.2, 0.25) is 0 Å². The van der Waals surface area contributed by atoms with E-state index in [1.165, 1.54) is 0 Å². The number of hydrogen-bond acceptors (Lipinski definition) is 7. The van der Waals surface area contributed by atoms with Crippen LogP contribution in [0.25, 0.3) is 0 Å². The van der Waals surface area contributed by atoms with Crippen molar-refractivity contribution in [3.8, 4) is 5.75 Å². The fourth-order valence-corrected chi connectivity index (χ4v) is 2.59. The molecule has 1 atom stereocenters. The van der Waals surface area contributed by atoms with E-state index in [4.69, 9.17) is 20.5 Å². The molecule has 24 heavy (non-hydrogen) atoms. The number of tetrazole rings is 1. The molecule has 1 aromatic carbocycles. The van der Waals surface area contributed by atoms with Crippen LogP contribution in [0.3, 0.4) is 0 Å². The molecule has 4 N–H and O–H groups in total. The lowest BCUT2D eigenvalue weighted by molar-refractivity contribution is 0.399. The quantitative estimate of drug-likeness (QED) is 0.429. The van der Waals surface area contributed by atoms with E-state index in [9.17, 15) is 0 Å². The topological polar surface area (TPSA) is 119 Å². The molecule has 0 saturated carbocycles. The van der Waals surface area contributed by atoms with Crippen LogP contribution in [0, 0.1) is 0 Å². The van der Waals surface area contributed by atoms with E-state index >= 15 is 0 Å². The Kier molecular flexibility index (Phi) is 7.17. The summed E-state index contributed by atoms with van der Waals surface area (Å²) in [6.07, 6.45) is 3.28. The SMILES string of the molecule is COc1ccccc1CCn1nnnc1C(N)CCCCB(O)O. The van der Waals surface area contributed by atoms with Gasteiger partial charge >= 0.3 is 7.12 Å². The molecule has 9 heteroatoms. The van der Waals surface area contributed by atoms with Gasteiger partial charge in [-0.2, -0.15) is 0 Å². The van der Waals surface area contributed by atoms with E-state index in [-0.39, 0.29) is 6.04 Å². The number of rotatable bonds is 10. The molecule has 2 aromatic rings. The maximum absolute atomic E-state index is 8.84. The highest BCUT2D eigenvalue weighted by atomic mass is 16.5. The number of aromatic nitrogens is 4. The fourth-order valence-electron chi connectivity index (χ4n) is 2.59. The molecule has 0 amide bonds. The molecule has 1 heterocycles. The van der Waals surface area contributed by atoms with Gasteiger partial charge in [0.25, 0.3) is 0 Å². The Labute approximate surface area is 141 Å². The first-order chi connectivity index (χ1) is 11.6. The minimum Gasteiger partial charge on any atom is -0.496 e. The molecule has 0 aliphatic carbocycles. The van der Waals surface area contributed by atoms with Crippen molar-refractivity contribution in [2.45, 2.75) is 44.6 Å². The van der Waals surface area contributed by atoms with E-state index in [0.29, 0.717) is 31.5 Å². The van der Waals surface area contributed by atoms with Gasteiger partial charge in [0.05, 0.1) is 13.2 Å². The van der Waals surface area contributed by atoms with Crippen LogP contribution in [-0.2, 0) is 13.0 Å². The summed E-state index contributed by atoms with van der Waals surface area (Å²) in [6.45, 7) is 0.617. The Hall–Kier alpha value is -1.97. The minimum absolute atomic E-state index is 0.270. The molecular formula is C15H24BN5O3. The second kappa shape index (κ2) is 9.36. The van der Waals surface area contributed by atoms with Gasteiger partial charge in [0, 0.05) is 6.54 Å². The molecule has 0 spiro atoms. The molecular weight excluding hydrogens is 309 g/mol. The highest BCUT2D eigenvalue weighted by Gasteiger charge is 2.16. The number of para-hydroxylation sites is 1. The van der Waals surface area contributed by atoms with Crippen LogP contribution in [-0.4, -0.2) is 44.5 Å². The summed E-state index contributed by atoms with van der Waals surface area (Å²) in [5.74, 6) is 1.49. The Bertz CT molecular complexity index is 623. The molecule has 1 unspecified atom stereocenters. The second-order valence-electron chi connectivity index (χ2n) is 5.69. The summed E-state index contributed by atoms with van der Waals surface area (Å²) in [5.41, 5.74) is 7.26.